The summed E-state index contributed by atoms with van der Waals surface area (Å²) in [6.45, 7) is 9.63. The van der Waals surface area contributed by atoms with E-state index in [-0.39, 0.29) is 18.2 Å². The van der Waals surface area contributed by atoms with Crippen LogP contribution in [0.4, 0.5) is 0 Å². The van der Waals surface area contributed by atoms with Crippen LogP contribution in [0, 0.1) is 0 Å². The Morgan fingerprint density at radius 2 is 1.13 bits per heavy atom. The van der Waals surface area contributed by atoms with Crippen LogP contribution in [0.5, 0.6) is 11.5 Å². The first kappa shape index (κ1) is 37.3. The molecule has 0 aliphatic rings. The van der Waals surface area contributed by atoms with Crippen LogP contribution in [0.2, 0.25) is 0 Å². The third kappa shape index (κ3) is 13.7. The van der Waals surface area contributed by atoms with Gasteiger partial charge in [0, 0.05) is 6.61 Å². The fourth-order valence-corrected chi connectivity index (χ4v) is 5.87. The Hall–Kier alpha value is -3.11. The average Bonchev–Trinajstić information content (AvgIpc) is 3.08. The Bertz CT molecular complexity index is 1220. The molecule has 3 rings (SSSR count). The van der Waals surface area contributed by atoms with E-state index in [1.54, 1.807) is 0 Å². The van der Waals surface area contributed by atoms with Crippen molar-refractivity contribution in [3.8, 4) is 22.6 Å². The highest BCUT2D eigenvalue weighted by Crippen LogP contribution is 2.31. The summed E-state index contributed by atoms with van der Waals surface area (Å²) in [5.41, 5.74) is 3.86. The zero-order valence-corrected chi connectivity index (χ0v) is 29.2. The van der Waals surface area contributed by atoms with Gasteiger partial charge in [0.15, 0.2) is 11.5 Å². The highest BCUT2D eigenvalue weighted by Gasteiger charge is 2.16. The fraction of sp³-hybridized carbons (Fsp3) is 0.548. The van der Waals surface area contributed by atoms with Gasteiger partial charge in [-0.1, -0.05) is 146 Å². The Labute approximate surface area is 280 Å². The summed E-state index contributed by atoms with van der Waals surface area (Å²) in [7, 11) is 0. The summed E-state index contributed by atoms with van der Waals surface area (Å²) in [6, 6.07) is 23.7. The van der Waals surface area contributed by atoms with Crippen molar-refractivity contribution in [2.45, 2.75) is 143 Å². The van der Waals surface area contributed by atoms with Crippen LogP contribution in [-0.4, -0.2) is 18.7 Å². The highest BCUT2D eigenvalue weighted by molar-refractivity contribution is 5.92. The van der Waals surface area contributed by atoms with Crippen molar-refractivity contribution in [2.75, 3.05) is 6.61 Å². The standard InChI is InChI=1S/C42H60O4/c1-5-8-10-12-14-16-20-33-44-34(4)35-25-27-36(28-26-35)37-29-31-38(32-30-37)42(43)46-41-24-19-18-23-40(41)45-39(21-7-3)22-17-15-13-11-9-6-2/h18-19,23-32,34,39H,5-17,20-22,33H2,1-4H3. The Kier molecular flexibility index (Phi) is 18.2. The summed E-state index contributed by atoms with van der Waals surface area (Å²) in [4.78, 5) is 13.1. The molecule has 0 saturated heterocycles. The molecule has 4 nitrogen and oxygen atoms in total. The summed E-state index contributed by atoms with van der Waals surface area (Å²) in [5.74, 6) is 0.727. The molecule has 0 heterocycles. The second-order valence-corrected chi connectivity index (χ2v) is 12.8. The zero-order valence-electron chi connectivity index (χ0n) is 29.2. The molecule has 0 aromatic heterocycles. The predicted octanol–water partition coefficient (Wildman–Crippen LogP) is 12.7. The van der Waals surface area contributed by atoms with Gasteiger partial charge in [0.2, 0.25) is 0 Å². The normalized spacial score (nSPS) is 12.5. The molecule has 0 spiro atoms. The molecule has 0 N–H and O–H groups in total. The smallest absolute Gasteiger partial charge is 0.343 e. The van der Waals surface area contributed by atoms with E-state index in [0.717, 1.165) is 49.8 Å². The minimum absolute atomic E-state index is 0.0750. The number of hydrogen-bond acceptors (Lipinski definition) is 4. The molecule has 3 aromatic rings. The van der Waals surface area contributed by atoms with Crippen LogP contribution >= 0.6 is 0 Å². The van der Waals surface area contributed by atoms with Crippen molar-refractivity contribution in [3.63, 3.8) is 0 Å². The van der Waals surface area contributed by atoms with E-state index in [9.17, 15) is 4.79 Å². The maximum Gasteiger partial charge on any atom is 0.343 e. The number of carbonyl (C=O) groups excluding carboxylic acids is 1. The van der Waals surface area contributed by atoms with Crippen molar-refractivity contribution in [3.05, 3.63) is 83.9 Å². The highest BCUT2D eigenvalue weighted by atomic mass is 16.6. The molecule has 0 fully saturated rings. The maximum absolute atomic E-state index is 13.1. The van der Waals surface area contributed by atoms with Crippen LogP contribution in [-0.2, 0) is 4.74 Å². The fourth-order valence-electron chi connectivity index (χ4n) is 5.87. The van der Waals surface area contributed by atoms with Gasteiger partial charge in [-0.05, 0) is 73.6 Å². The summed E-state index contributed by atoms with van der Waals surface area (Å²) >= 11 is 0. The van der Waals surface area contributed by atoms with Crippen molar-refractivity contribution in [1.82, 2.24) is 0 Å². The molecule has 0 bridgehead atoms. The lowest BCUT2D eigenvalue weighted by Crippen LogP contribution is -2.17. The summed E-state index contributed by atoms with van der Waals surface area (Å²) < 4.78 is 18.4. The number of unbranched alkanes of at least 4 members (excludes halogenated alkanes) is 11. The molecule has 2 atom stereocenters. The van der Waals surface area contributed by atoms with E-state index in [2.05, 4.69) is 52.0 Å². The van der Waals surface area contributed by atoms with Crippen molar-refractivity contribution in [2.24, 2.45) is 0 Å². The summed E-state index contributed by atoms with van der Waals surface area (Å²) in [6.07, 6.45) is 19.9. The van der Waals surface area contributed by atoms with Gasteiger partial charge in [-0.2, -0.15) is 0 Å². The van der Waals surface area contributed by atoms with Crippen LogP contribution in [0.15, 0.2) is 72.8 Å². The first-order valence-corrected chi connectivity index (χ1v) is 18.4. The van der Waals surface area contributed by atoms with Gasteiger partial charge in [-0.3, -0.25) is 0 Å². The van der Waals surface area contributed by atoms with E-state index in [1.165, 1.54) is 76.2 Å². The topological polar surface area (TPSA) is 44.8 Å². The lowest BCUT2D eigenvalue weighted by atomic mass is 10.0. The number of benzene rings is 3. The minimum atomic E-state index is -0.382. The molecule has 0 aliphatic heterocycles. The average molecular weight is 629 g/mol. The van der Waals surface area contributed by atoms with E-state index in [0.29, 0.717) is 17.1 Å². The maximum atomic E-state index is 13.1. The Morgan fingerprint density at radius 1 is 0.587 bits per heavy atom. The quantitative estimate of drug-likeness (QED) is 0.0562. The van der Waals surface area contributed by atoms with E-state index in [1.807, 2.05) is 48.5 Å². The number of hydrogen-bond donors (Lipinski definition) is 0. The zero-order chi connectivity index (χ0) is 32.8. The predicted molar refractivity (Wildman–Crippen MR) is 193 cm³/mol. The van der Waals surface area contributed by atoms with Gasteiger partial charge < -0.3 is 14.2 Å². The largest absolute Gasteiger partial charge is 0.487 e. The number of rotatable bonds is 24. The molecule has 252 valence electrons. The third-order valence-corrected chi connectivity index (χ3v) is 8.79. The number of para-hydroxylation sites is 2. The second kappa shape index (κ2) is 22.4. The van der Waals surface area contributed by atoms with Crippen molar-refractivity contribution in [1.29, 1.82) is 0 Å². The molecule has 2 unspecified atom stereocenters. The molecular weight excluding hydrogens is 568 g/mol. The van der Waals surface area contributed by atoms with Crippen LogP contribution in [0.3, 0.4) is 0 Å². The molecule has 0 aliphatic carbocycles. The molecular formula is C42H60O4. The minimum Gasteiger partial charge on any atom is -0.487 e. The second-order valence-electron chi connectivity index (χ2n) is 12.8. The van der Waals surface area contributed by atoms with E-state index < -0.39 is 0 Å². The number of ether oxygens (including phenoxy) is 3. The molecule has 0 amide bonds. The van der Waals surface area contributed by atoms with Crippen LogP contribution in [0.1, 0.15) is 152 Å². The molecule has 46 heavy (non-hydrogen) atoms. The third-order valence-electron chi connectivity index (χ3n) is 8.79. The van der Waals surface area contributed by atoms with E-state index in [4.69, 9.17) is 14.2 Å². The van der Waals surface area contributed by atoms with E-state index >= 15 is 0 Å². The van der Waals surface area contributed by atoms with Crippen LogP contribution < -0.4 is 9.47 Å². The van der Waals surface area contributed by atoms with Crippen molar-refractivity contribution >= 4 is 5.97 Å². The molecule has 3 aromatic carbocycles. The lowest BCUT2D eigenvalue weighted by molar-refractivity contribution is 0.0627. The van der Waals surface area contributed by atoms with Crippen LogP contribution in [0.25, 0.3) is 11.1 Å². The lowest BCUT2D eigenvalue weighted by Gasteiger charge is -2.20. The SMILES string of the molecule is CCCCCCCCCOC(C)c1ccc(-c2ccc(C(=O)Oc3ccccc3OC(CCC)CCCCCCCC)cc2)cc1. The summed E-state index contributed by atoms with van der Waals surface area (Å²) in [5, 5.41) is 0. The molecule has 4 heteroatoms. The Balaban J connectivity index is 1.50. The van der Waals surface area contributed by atoms with Gasteiger partial charge >= 0.3 is 5.97 Å². The monoisotopic (exact) mass is 628 g/mol. The van der Waals surface area contributed by atoms with Gasteiger partial charge in [0.05, 0.1) is 17.8 Å². The molecule has 0 saturated carbocycles. The number of esters is 1. The first-order valence-electron chi connectivity index (χ1n) is 18.4. The molecule has 0 radical (unpaired) electrons. The van der Waals surface area contributed by atoms with Crippen molar-refractivity contribution < 1.29 is 19.0 Å². The van der Waals surface area contributed by atoms with Gasteiger partial charge in [0.1, 0.15) is 0 Å². The first-order chi connectivity index (χ1) is 22.5. The Morgan fingerprint density at radius 3 is 1.74 bits per heavy atom. The van der Waals surface area contributed by atoms with Gasteiger partial charge in [-0.15, -0.1) is 0 Å². The van der Waals surface area contributed by atoms with Gasteiger partial charge in [-0.25, -0.2) is 4.79 Å². The number of carbonyl (C=O) groups is 1. The van der Waals surface area contributed by atoms with Gasteiger partial charge in [0.25, 0.3) is 0 Å².